The first-order chi connectivity index (χ1) is 8.15. The van der Waals surface area contributed by atoms with Crippen LogP contribution >= 0.6 is 11.6 Å². The van der Waals surface area contributed by atoms with Gasteiger partial charge in [0.25, 0.3) is 0 Å². The molecule has 0 bridgehead atoms. The molecule has 3 N–H and O–H groups in total. The Balaban J connectivity index is 2.63. The SMILES string of the molecule is CCCc1[nH]nc(N)c1-c1c(F)cccc1Cl. The van der Waals surface area contributed by atoms with Gasteiger partial charge in [0.15, 0.2) is 5.82 Å². The van der Waals surface area contributed by atoms with E-state index in [1.54, 1.807) is 12.1 Å². The van der Waals surface area contributed by atoms with Crippen molar-refractivity contribution in [2.45, 2.75) is 19.8 Å². The number of nitrogens with two attached hydrogens (primary N) is 1. The van der Waals surface area contributed by atoms with Crippen LogP contribution in [0.3, 0.4) is 0 Å². The Hall–Kier alpha value is -1.55. The summed E-state index contributed by atoms with van der Waals surface area (Å²) in [4.78, 5) is 0. The monoisotopic (exact) mass is 253 g/mol. The largest absolute Gasteiger partial charge is 0.382 e. The maximum atomic E-state index is 13.8. The fourth-order valence-electron chi connectivity index (χ4n) is 1.84. The Kier molecular flexibility index (Phi) is 3.33. The van der Waals surface area contributed by atoms with E-state index in [1.807, 2.05) is 6.92 Å². The number of nitrogens with one attached hydrogen (secondary N) is 1. The van der Waals surface area contributed by atoms with E-state index >= 15 is 0 Å². The molecule has 0 aliphatic rings. The van der Waals surface area contributed by atoms with Crippen molar-refractivity contribution in [1.82, 2.24) is 10.2 Å². The number of anilines is 1. The van der Waals surface area contributed by atoms with Gasteiger partial charge in [-0.15, -0.1) is 0 Å². The van der Waals surface area contributed by atoms with Crippen molar-refractivity contribution < 1.29 is 4.39 Å². The van der Waals surface area contributed by atoms with E-state index in [0.717, 1.165) is 18.5 Å². The Labute approximate surface area is 104 Å². The van der Waals surface area contributed by atoms with Crippen LogP contribution in [0.5, 0.6) is 0 Å². The average molecular weight is 254 g/mol. The number of nitrogen functional groups attached to an aromatic ring is 1. The van der Waals surface area contributed by atoms with Gasteiger partial charge in [0.2, 0.25) is 0 Å². The quantitative estimate of drug-likeness (QED) is 0.881. The van der Waals surface area contributed by atoms with Gasteiger partial charge < -0.3 is 5.73 Å². The molecular weight excluding hydrogens is 241 g/mol. The molecule has 0 fully saturated rings. The summed E-state index contributed by atoms with van der Waals surface area (Å²) in [6, 6.07) is 4.57. The van der Waals surface area contributed by atoms with Crippen LogP contribution in [0, 0.1) is 5.82 Å². The summed E-state index contributed by atoms with van der Waals surface area (Å²) >= 11 is 6.03. The zero-order chi connectivity index (χ0) is 12.4. The molecule has 0 spiro atoms. The third kappa shape index (κ3) is 2.13. The first-order valence-corrected chi connectivity index (χ1v) is 5.80. The first kappa shape index (κ1) is 11.9. The van der Waals surface area contributed by atoms with E-state index in [2.05, 4.69) is 10.2 Å². The summed E-state index contributed by atoms with van der Waals surface area (Å²) in [5, 5.41) is 7.09. The molecule has 0 saturated heterocycles. The zero-order valence-electron chi connectivity index (χ0n) is 9.43. The fourth-order valence-corrected chi connectivity index (χ4v) is 2.10. The molecule has 0 aliphatic carbocycles. The lowest BCUT2D eigenvalue weighted by molar-refractivity contribution is 0.631. The van der Waals surface area contributed by atoms with Crippen LogP contribution in [0.1, 0.15) is 19.0 Å². The predicted octanol–water partition coefficient (Wildman–Crippen LogP) is 3.40. The van der Waals surface area contributed by atoms with Crippen LogP contribution in [0.15, 0.2) is 18.2 Å². The normalized spacial score (nSPS) is 10.8. The van der Waals surface area contributed by atoms with Crippen LogP contribution in [0.2, 0.25) is 5.02 Å². The molecule has 3 nitrogen and oxygen atoms in total. The van der Waals surface area contributed by atoms with E-state index in [4.69, 9.17) is 17.3 Å². The molecule has 0 amide bonds. The molecule has 1 aromatic carbocycles. The van der Waals surface area contributed by atoms with Gasteiger partial charge in [-0.1, -0.05) is 31.0 Å². The summed E-state index contributed by atoms with van der Waals surface area (Å²) < 4.78 is 13.8. The summed E-state index contributed by atoms with van der Waals surface area (Å²) in [6.45, 7) is 2.03. The van der Waals surface area contributed by atoms with Crippen LogP contribution < -0.4 is 5.73 Å². The van der Waals surface area contributed by atoms with E-state index in [0.29, 0.717) is 16.1 Å². The highest BCUT2D eigenvalue weighted by atomic mass is 35.5. The lowest BCUT2D eigenvalue weighted by Crippen LogP contribution is -1.94. The smallest absolute Gasteiger partial charge is 0.153 e. The molecule has 90 valence electrons. The molecule has 1 heterocycles. The number of hydrogen-bond donors (Lipinski definition) is 2. The number of H-pyrrole nitrogens is 1. The van der Waals surface area contributed by atoms with Gasteiger partial charge in [0.1, 0.15) is 5.82 Å². The lowest BCUT2D eigenvalue weighted by atomic mass is 10.0. The van der Waals surface area contributed by atoms with Crippen molar-refractivity contribution in [2.75, 3.05) is 5.73 Å². The lowest BCUT2D eigenvalue weighted by Gasteiger charge is -2.07. The summed E-state index contributed by atoms with van der Waals surface area (Å²) in [6.07, 6.45) is 1.67. The second kappa shape index (κ2) is 4.75. The molecule has 5 heteroatoms. The summed E-state index contributed by atoms with van der Waals surface area (Å²) in [5.41, 5.74) is 7.49. The standard InChI is InChI=1S/C12H13ClFN3/c1-2-4-9-11(12(15)17-16-9)10-7(13)5-3-6-8(10)14/h3,5-6H,2,4H2,1H3,(H3,15,16,17). The third-order valence-corrected chi connectivity index (χ3v) is 2.90. The van der Waals surface area contributed by atoms with Crippen LogP contribution in [-0.4, -0.2) is 10.2 Å². The van der Waals surface area contributed by atoms with Gasteiger partial charge in [-0.05, 0) is 18.6 Å². The van der Waals surface area contributed by atoms with Crippen molar-refractivity contribution in [3.05, 3.63) is 34.7 Å². The molecule has 0 radical (unpaired) electrons. The van der Waals surface area contributed by atoms with E-state index in [9.17, 15) is 4.39 Å². The average Bonchev–Trinajstić information content (AvgIpc) is 2.62. The maximum absolute atomic E-state index is 13.8. The zero-order valence-corrected chi connectivity index (χ0v) is 10.2. The van der Waals surface area contributed by atoms with Crippen LogP contribution in [0.25, 0.3) is 11.1 Å². The summed E-state index contributed by atoms with van der Waals surface area (Å²) in [7, 11) is 0. The Bertz CT molecular complexity index is 516. The second-order valence-electron chi connectivity index (χ2n) is 3.81. The fraction of sp³-hybridized carbons (Fsp3) is 0.250. The minimum Gasteiger partial charge on any atom is -0.382 e. The number of aromatic nitrogens is 2. The van der Waals surface area contributed by atoms with E-state index in [-0.39, 0.29) is 11.6 Å². The minimum atomic E-state index is -0.386. The molecule has 0 atom stereocenters. The van der Waals surface area contributed by atoms with Gasteiger partial charge in [0, 0.05) is 11.3 Å². The Morgan fingerprint density at radius 3 is 2.82 bits per heavy atom. The van der Waals surface area contributed by atoms with Crippen molar-refractivity contribution >= 4 is 17.4 Å². The van der Waals surface area contributed by atoms with Gasteiger partial charge in [-0.2, -0.15) is 5.10 Å². The maximum Gasteiger partial charge on any atom is 0.153 e. The summed E-state index contributed by atoms with van der Waals surface area (Å²) in [5.74, 6) is -0.108. The molecule has 2 rings (SSSR count). The first-order valence-electron chi connectivity index (χ1n) is 5.42. The Morgan fingerprint density at radius 2 is 2.18 bits per heavy atom. The van der Waals surface area contributed by atoms with Crippen molar-refractivity contribution in [1.29, 1.82) is 0 Å². The number of rotatable bonds is 3. The molecule has 0 aliphatic heterocycles. The van der Waals surface area contributed by atoms with E-state index < -0.39 is 0 Å². The number of hydrogen-bond acceptors (Lipinski definition) is 2. The van der Waals surface area contributed by atoms with Crippen molar-refractivity contribution in [3.8, 4) is 11.1 Å². The highest BCUT2D eigenvalue weighted by Gasteiger charge is 2.18. The van der Waals surface area contributed by atoms with Crippen LogP contribution in [-0.2, 0) is 6.42 Å². The highest BCUT2D eigenvalue weighted by Crippen LogP contribution is 2.36. The topological polar surface area (TPSA) is 54.7 Å². The predicted molar refractivity (Wildman–Crippen MR) is 67.4 cm³/mol. The van der Waals surface area contributed by atoms with Gasteiger partial charge in [-0.25, -0.2) is 4.39 Å². The van der Waals surface area contributed by atoms with Crippen molar-refractivity contribution in [2.24, 2.45) is 0 Å². The number of aryl methyl sites for hydroxylation is 1. The number of nitrogens with zero attached hydrogens (tertiary/aromatic N) is 1. The number of aromatic amines is 1. The minimum absolute atomic E-state index is 0.278. The molecule has 1 aromatic heterocycles. The third-order valence-electron chi connectivity index (χ3n) is 2.58. The van der Waals surface area contributed by atoms with Gasteiger partial charge in [0.05, 0.1) is 10.6 Å². The molecule has 2 aromatic rings. The van der Waals surface area contributed by atoms with Gasteiger partial charge in [-0.3, -0.25) is 5.10 Å². The molecule has 0 saturated carbocycles. The molecule has 0 unspecified atom stereocenters. The number of halogens is 2. The molecule has 17 heavy (non-hydrogen) atoms. The molecular formula is C12H13ClFN3. The number of benzene rings is 1. The van der Waals surface area contributed by atoms with E-state index in [1.165, 1.54) is 6.07 Å². The van der Waals surface area contributed by atoms with Gasteiger partial charge >= 0.3 is 0 Å². The second-order valence-corrected chi connectivity index (χ2v) is 4.22. The van der Waals surface area contributed by atoms with Crippen molar-refractivity contribution in [3.63, 3.8) is 0 Å². The van der Waals surface area contributed by atoms with Crippen LogP contribution in [0.4, 0.5) is 10.2 Å². The highest BCUT2D eigenvalue weighted by molar-refractivity contribution is 6.33. The Morgan fingerprint density at radius 1 is 1.41 bits per heavy atom.